The van der Waals surface area contributed by atoms with Gasteiger partial charge in [0.05, 0.1) is 12.1 Å². The zero-order valence-electron chi connectivity index (χ0n) is 11.3. The number of hydrogen-bond donors (Lipinski definition) is 2. The first-order valence-electron chi connectivity index (χ1n) is 6.42. The third kappa shape index (κ3) is 5.50. The van der Waals surface area contributed by atoms with Crippen LogP contribution in [0.4, 0.5) is 0 Å². The van der Waals surface area contributed by atoms with Crippen LogP contribution >= 0.6 is 0 Å². The minimum Gasteiger partial charge on any atom is -0.481 e. The van der Waals surface area contributed by atoms with Crippen LogP contribution < -0.4 is 5.32 Å². The summed E-state index contributed by atoms with van der Waals surface area (Å²) in [6, 6.07) is 3.74. The topological polar surface area (TPSA) is 79.3 Å². The number of carboxylic acids is 1. The standard InChI is InChI=1S/C14H20N2O3/c1-3-11(7-14(18)19)9-16-13(17)8-12-10(2)5-4-6-15-12/h4-6,11H,3,7-9H2,1-2H3,(H,16,17)(H,18,19). The molecule has 0 spiro atoms. The second-order valence-electron chi connectivity index (χ2n) is 4.62. The Morgan fingerprint density at radius 1 is 1.47 bits per heavy atom. The van der Waals surface area contributed by atoms with E-state index in [0.717, 1.165) is 17.7 Å². The molecule has 1 heterocycles. The van der Waals surface area contributed by atoms with Crippen molar-refractivity contribution in [2.24, 2.45) is 5.92 Å². The summed E-state index contributed by atoms with van der Waals surface area (Å²) >= 11 is 0. The minimum absolute atomic E-state index is 0.0220. The van der Waals surface area contributed by atoms with Gasteiger partial charge in [-0.2, -0.15) is 0 Å². The summed E-state index contributed by atoms with van der Waals surface area (Å²) in [6.07, 6.45) is 2.71. The molecule has 0 aliphatic carbocycles. The average molecular weight is 264 g/mol. The lowest BCUT2D eigenvalue weighted by Crippen LogP contribution is -2.31. The number of aryl methyl sites for hydroxylation is 1. The summed E-state index contributed by atoms with van der Waals surface area (Å²) in [4.78, 5) is 26.6. The number of pyridine rings is 1. The highest BCUT2D eigenvalue weighted by Crippen LogP contribution is 2.07. The summed E-state index contributed by atoms with van der Waals surface area (Å²) in [5, 5.41) is 11.5. The van der Waals surface area contributed by atoms with Gasteiger partial charge < -0.3 is 10.4 Å². The maximum atomic E-state index is 11.8. The Hall–Kier alpha value is -1.91. The van der Waals surface area contributed by atoms with E-state index in [1.165, 1.54) is 0 Å². The predicted molar refractivity (Wildman–Crippen MR) is 71.7 cm³/mol. The molecule has 2 N–H and O–H groups in total. The Kier molecular flexibility index (Phi) is 5.99. The van der Waals surface area contributed by atoms with E-state index in [0.29, 0.717) is 6.54 Å². The van der Waals surface area contributed by atoms with Crippen molar-refractivity contribution in [2.45, 2.75) is 33.1 Å². The Bertz CT molecular complexity index is 446. The molecule has 0 saturated heterocycles. The smallest absolute Gasteiger partial charge is 0.303 e. The van der Waals surface area contributed by atoms with Gasteiger partial charge in [0, 0.05) is 19.2 Å². The number of carbonyl (C=O) groups is 2. The number of carboxylic acid groups (broad SMARTS) is 1. The molecule has 0 saturated carbocycles. The van der Waals surface area contributed by atoms with Gasteiger partial charge in [-0.05, 0) is 24.5 Å². The number of nitrogens with one attached hydrogen (secondary N) is 1. The summed E-state index contributed by atoms with van der Waals surface area (Å²) < 4.78 is 0. The Labute approximate surface area is 113 Å². The molecule has 0 aliphatic rings. The number of hydrogen-bond acceptors (Lipinski definition) is 3. The van der Waals surface area contributed by atoms with Crippen LogP contribution in [0.2, 0.25) is 0 Å². The first-order chi connectivity index (χ1) is 9.02. The summed E-state index contributed by atoms with van der Waals surface area (Å²) in [7, 11) is 0. The molecule has 1 aromatic rings. The van der Waals surface area contributed by atoms with E-state index in [4.69, 9.17) is 5.11 Å². The molecule has 1 amide bonds. The van der Waals surface area contributed by atoms with Crippen molar-refractivity contribution in [1.29, 1.82) is 0 Å². The first kappa shape index (κ1) is 15.1. The van der Waals surface area contributed by atoms with Gasteiger partial charge in [-0.15, -0.1) is 0 Å². The molecule has 0 aromatic carbocycles. The molecule has 104 valence electrons. The fourth-order valence-electron chi connectivity index (χ4n) is 1.78. The maximum Gasteiger partial charge on any atom is 0.303 e. The summed E-state index contributed by atoms with van der Waals surface area (Å²) in [5.41, 5.74) is 1.74. The lowest BCUT2D eigenvalue weighted by molar-refractivity contribution is -0.138. The molecule has 0 bridgehead atoms. The number of amides is 1. The summed E-state index contributed by atoms with van der Waals surface area (Å²) in [6.45, 7) is 4.23. The molecule has 1 unspecified atom stereocenters. The Balaban J connectivity index is 2.43. The highest BCUT2D eigenvalue weighted by Gasteiger charge is 2.13. The molecule has 5 heteroatoms. The number of rotatable bonds is 7. The van der Waals surface area contributed by atoms with Crippen LogP contribution in [0.1, 0.15) is 31.0 Å². The van der Waals surface area contributed by atoms with Crippen LogP contribution in [0.25, 0.3) is 0 Å². The number of nitrogens with zero attached hydrogens (tertiary/aromatic N) is 1. The van der Waals surface area contributed by atoms with Crippen molar-refractivity contribution in [3.63, 3.8) is 0 Å². The third-order valence-corrected chi connectivity index (χ3v) is 3.07. The predicted octanol–water partition coefficient (Wildman–Crippen LogP) is 1.55. The largest absolute Gasteiger partial charge is 0.481 e. The highest BCUT2D eigenvalue weighted by atomic mass is 16.4. The molecule has 0 aliphatic heterocycles. The number of carbonyl (C=O) groups excluding carboxylic acids is 1. The normalized spacial score (nSPS) is 11.9. The van der Waals surface area contributed by atoms with Gasteiger partial charge in [0.1, 0.15) is 0 Å². The van der Waals surface area contributed by atoms with Crippen molar-refractivity contribution < 1.29 is 14.7 Å². The monoisotopic (exact) mass is 264 g/mol. The van der Waals surface area contributed by atoms with Crippen molar-refractivity contribution in [1.82, 2.24) is 10.3 Å². The lowest BCUT2D eigenvalue weighted by atomic mass is 10.0. The van der Waals surface area contributed by atoms with Crippen molar-refractivity contribution in [3.05, 3.63) is 29.6 Å². The van der Waals surface area contributed by atoms with Crippen LogP contribution in [0.3, 0.4) is 0 Å². The first-order valence-corrected chi connectivity index (χ1v) is 6.42. The molecule has 19 heavy (non-hydrogen) atoms. The Morgan fingerprint density at radius 3 is 2.79 bits per heavy atom. The van der Waals surface area contributed by atoms with Crippen molar-refractivity contribution in [2.75, 3.05) is 6.54 Å². The van der Waals surface area contributed by atoms with E-state index >= 15 is 0 Å². The quantitative estimate of drug-likeness (QED) is 0.783. The van der Waals surface area contributed by atoms with E-state index in [1.807, 2.05) is 26.0 Å². The molecule has 0 fully saturated rings. The van der Waals surface area contributed by atoms with E-state index < -0.39 is 5.97 Å². The van der Waals surface area contributed by atoms with Crippen molar-refractivity contribution >= 4 is 11.9 Å². The number of aromatic nitrogens is 1. The lowest BCUT2D eigenvalue weighted by Gasteiger charge is -2.13. The van der Waals surface area contributed by atoms with Gasteiger partial charge >= 0.3 is 5.97 Å². The van der Waals surface area contributed by atoms with Crippen LogP contribution in [0, 0.1) is 12.8 Å². The Morgan fingerprint density at radius 2 is 2.21 bits per heavy atom. The van der Waals surface area contributed by atoms with E-state index in [-0.39, 0.29) is 24.7 Å². The molecular formula is C14H20N2O3. The van der Waals surface area contributed by atoms with Gasteiger partial charge in [-0.1, -0.05) is 19.4 Å². The van der Waals surface area contributed by atoms with Crippen LogP contribution in [0.15, 0.2) is 18.3 Å². The highest BCUT2D eigenvalue weighted by molar-refractivity contribution is 5.78. The SMILES string of the molecule is CCC(CNC(=O)Cc1ncccc1C)CC(=O)O. The molecule has 1 aromatic heterocycles. The maximum absolute atomic E-state index is 11.8. The molecular weight excluding hydrogens is 244 g/mol. The van der Waals surface area contributed by atoms with Gasteiger partial charge in [0.15, 0.2) is 0 Å². The van der Waals surface area contributed by atoms with E-state index in [2.05, 4.69) is 10.3 Å². The molecule has 1 atom stereocenters. The van der Waals surface area contributed by atoms with Crippen molar-refractivity contribution in [3.8, 4) is 0 Å². The molecule has 1 rings (SSSR count). The molecule has 0 radical (unpaired) electrons. The van der Waals surface area contributed by atoms with Gasteiger partial charge in [0.25, 0.3) is 0 Å². The van der Waals surface area contributed by atoms with Crippen LogP contribution in [-0.4, -0.2) is 28.5 Å². The zero-order valence-corrected chi connectivity index (χ0v) is 11.3. The zero-order chi connectivity index (χ0) is 14.3. The van der Waals surface area contributed by atoms with Gasteiger partial charge in [0.2, 0.25) is 5.91 Å². The summed E-state index contributed by atoms with van der Waals surface area (Å²) in [5.74, 6) is -0.974. The fourth-order valence-corrected chi connectivity index (χ4v) is 1.78. The second kappa shape index (κ2) is 7.51. The fraction of sp³-hybridized carbons (Fsp3) is 0.500. The van der Waals surface area contributed by atoms with Crippen LogP contribution in [0.5, 0.6) is 0 Å². The third-order valence-electron chi connectivity index (χ3n) is 3.07. The van der Waals surface area contributed by atoms with Gasteiger partial charge in [-0.3, -0.25) is 14.6 Å². The number of aliphatic carboxylic acids is 1. The molecule has 5 nitrogen and oxygen atoms in total. The van der Waals surface area contributed by atoms with Gasteiger partial charge in [-0.25, -0.2) is 0 Å². The van der Waals surface area contributed by atoms with E-state index in [9.17, 15) is 9.59 Å². The second-order valence-corrected chi connectivity index (χ2v) is 4.62. The minimum atomic E-state index is -0.832. The van der Waals surface area contributed by atoms with Crippen LogP contribution in [-0.2, 0) is 16.0 Å². The van der Waals surface area contributed by atoms with E-state index in [1.54, 1.807) is 6.20 Å². The average Bonchev–Trinajstić information content (AvgIpc) is 2.37.